The van der Waals surface area contributed by atoms with E-state index in [1.165, 1.54) is 4.19 Å². The van der Waals surface area contributed by atoms with Crippen molar-refractivity contribution in [3.05, 3.63) is 0 Å². The zero-order valence-corrected chi connectivity index (χ0v) is 7.62. The number of hydrogen-bond acceptors (Lipinski definition) is 0. The fourth-order valence-electron chi connectivity index (χ4n) is 0. The molecule has 0 aliphatic carbocycles. The first kappa shape index (κ1) is 7.69. The second-order valence-corrected chi connectivity index (χ2v) is 4.75. The Labute approximate surface area is 55.7 Å². The minimum atomic E-state index is 0.275. The van der Waals surface area contributed by atoms with Crippen molar-refractivity contribution in [3.63, 3.8) is 0 Å². The van der Waals surface area contributed by atoms with Crippen LogP contribution in [0.4, 0.5) is 0 Å². The summed E-state index contributed by atoms with van der Waals surface area (Å²) in [5, 5.41) is 0. The summed E-state index contributed by atoms with van der Waals surface area (Å²) in [5.41, 5.74) is 0.275. The predicted octanol–water partition coefficient (Wildman–Crippen LogP) is 1.47. The molecule has 0 heterocycles. The van der Waals surface area contributed by atoms with Gasteiger partial charge in [-0.3, -0.25) is 0 Å². The van der Waals surface area contributed by atoms with Crippen molar-refractivity contribution in [2.75, 3.05) is 0 Å². The third kappa shape index (κ3) is 3.29. The van der Waals surface area contributed by atoms with Crippen molar-refractivity contribution in [1.82, 2.24) is 0 Å². The van der Waals surface area contributed by atoms with E-state index in [-0.39, 0.29) is 5.41 Å². The summed E-state index contributed by atoms with van der Waals surface area (Å²) < 4.78 is 1.17. The number of hydrogen-bond donors (Lipinski definition) is 0. The molecule has 0 aliphatic rings. The van der Waals surface area contributed by atoms with Crippen LogP contribution in [0.1, 0.15) is 20.8 Å². The van der Waals surface area contributed by atoms with Crippen LogP contribution >= 0.6 is 8.86 Å². The van der Waals surface area contributed by atoms with E-state index in [4.69, 9.17) is 0 Å². The maximum absolute atomic E-state index is 3.40. The molecule has 41 valence electrons. The van der Waals surface area contributed by atoms with Gasteiger partial charge in [-0.1, -0.05) is 0 Å². The molecule has 0 rings (SSSR count). The standard InChI is InChI=1S/C5H10PSe/c1-5(2,3)4(6)7/h6H,1-3H3. The second kappa shape index (κ2) is 2.31. The normalized spacial score (nSPS) is 11.4. The summed E-state index contributed by atoms with van der Waals surface area (Å²) in [4.78, 5) is 0. The molecule has 0 saturated carbocycles. The van der Waals surface area contributed by atoms with Gasteiger partial charge in [0.25, 0.3) is 0 Å². The molecule has 0 saturated heterocycles. The van der Waals surface area contributed by atoms with E-state index in [9.17, 15) is 0 Å². The molecule has 0 aliphatic heterocycles. The van der Waals surface area contributed by atoms with E-state index in [2.05, 4.69) is 45.6 Å². The van der Waals surface area contributed by atoms with Crippen LogP contribution in [0.5, 0.6) is 0 Å². The number of rotatable bonds is 0. The summed E-state index contributed by atoms with van der Waals surface area (Å²) in [5.74, 6) is 0. The Hall–Kier alpha value is 0.689. The van der Waals surface area contributed by atoms with Crippen LogP contribution in [0.15, 0.2) is 0 Å². The zero-order valence-electron chi connectivity index (χ0n) is 4.91. The van der Waals surface area contributed by atoms with Crippen LogP contribution in [0, 0.1) is 5.41 Å². The summed E-state index contributed by atoms with van der Waals surface area (Å²) in [6, 6.07) is 0. The van der Waals surface area contributed by atoms with Gasteiger partial charge < -0.3 is 0 Å². The fourth-order valence-corrected chi connectivity index (χ4v) is 0. The van der Waals surface area contributed by atoms with Crippen molar-refractivity contribution < 1.29 is 0 Å². The molecule has 0 spiro atoms. The Morgan fingerprint density at radius 2 is 1.57 bits per heavy atom. The minimum absolute atomic E-state index is 0.275. The van der Waals surface area contributed by atoms with Gasteiger partial charge in [-0.05, 0) is 0 Å². The molecule has 7 heavy (non-hydrogen) atoms. The Bertz CT molecular complexity index is 80.6. The Morgan fingerprint density at radius 1 is 1.43 bits per heavy atom. The molecule has 0 atom stereocenters. The van der Waals surface area contributed by atoms with Crippen LogP contribution < -0.4 is 0 Å². The molecule has 0 aromatic carbocycles. The predicted molar refractivity (Wildman–Crippen MR) is 38.5 cm³/mol. The summed E-state index contributed by atoms with van der Waals surface area (Å²) >= 11 is 2.91. The molecule has 0 aromatic rings. The van der Waals surface area contributed by atoms with Crippen LogP contribution in [-0.4, -0.2) is 20.2 Å². The first-order chi connectivity index (χ1) is 2.94. The van der Waals surface area contributed by atoms with Gasteiger partial charge in [-0.2, -0.15) is 0 Å². The quantitative estimate of drug-likeness (QED) is 0.391. The zero-order chi connectivity index (χ0) is 6.08. The van der Waals surface area contributed by atoms with E-state index in [0.717, 1.165) is 0 Å². The summed E-state index contributed by atoms with van der Waals surface area (Å²) in [6.07, 6.45) is 0. The molecule has 0 amide bonds. The van der Waals surface area contributed by atoms with Crippen molar-refractivity contribution in [3.8, 4) is 0 Å². The van der Waals surface area contributed by atoms with Gasteiger partial charge >= 0.3 is 55.3 Å². The first-order valence-electron chi connectivity index (χ1n) is 2.20. The SMILES string of the molecule is CC(C)(C)C(=P)[Se]. The monoisotopic (exact) mass is 181 g/mol. The Kier molecular flexibility index (Phi) is 2.53. The summed E-state index contributed by atoms with van der Waals surface area (Å²) in [6.45, 7) is 6.43. The molecule has 0 bridgehead atoms. The third-order valence-electron chi connectivity index (χ3n) is 0.681. The van der Waals surface area contributed by atoms with Gasteiger partial charge in [-0.15, -0.1) is 0 Å². The summed E-state index contributed by atoms with van der Waals surface area (Å²) in [7, 11) is 3.40. The topological polar surface area (TPSA) is 0 Å². The molecular formula is C5H10PSe. The van der Waals surface area contributed by atoms with Crippen molar-refractivity contribution in [2.45, 2.75) is 20.8 Å². The van der Waals surface area contributed by atoms with Crippen molar-refractivity contribution >= 4 is 29.1 Å². The van der Waals surface area contributed by atoms with Crippen molar-refractivity contribution in [1.29, 1.82) is 0 Å². The van der Waals surface area contributed by atoms with E-state index in [1.807, 2.05) is 0 Å². The van der Waals surface area contributed by atoms with E-state index in [0.29, 0.717) is 0 Å². The van der Waals surface area contributed by atoms with E-state index < -0.39 is 0 Å². The molecule has 0 nitrogen and oxygen atoms in total. The van der Waals surface area contributed by atoms with Crippen molar-refractivity contribution in [2.24, 2.45) is 5.41 Å². The average molecular weight is 180 g/mol. The van der Waals surface area contributed by atoms with Crippen LogP contribution in [0.25, 0.3) is 0 Å². The average Bonchev–Trinajstić information content (AvgIpc) is 1.31. The van der Waals surface area contributed by atoms with Gasteiger partial charge in [0.1, 0.15) is 0 Å². The van der Waals surface area contributed by atoms with Crippen LogP contribution in [0.3, 0.4) is 0 Å². The second-order valence-electron chi connectivity index (χ2n) is 2.58. The maximum atomic E-state index is 3.40. The molecule has 0 aromatic heterocycles. The fraction of sp³-hybridized carbons (Fsp3) is 0.800. The molecule has 0 fully saturated rings. The van der Waals surface area contributed by atoms with Crippen LogP contribution in [0.2, 0.25) is 0 Å². The molecular weight excluding hydrogens is 170 g/mol. The third-order valence-corrected chi connectivity index (χ3v) is 2.72. The van der Waals surface area contributed by atoms with Gasteiger partial charge in [-0.25, -0.2) is 0 Å². The van der Waals surface area contributed by atoms with E-state index in [1.54, 1.807) is 0 Å². The van der Waals surface area contributed by atoms with Gasteiger partial charge in [0.05, 0.1) is 0 Å². The van der Waals surface area contributed by atoms with Gasteiger partial charge in [0.2, 0.25) is 0 Å². The molecule has 2 heteroatoms. The first-order valence-corrected chi connectivity index (χ1v) is 3.56. The Balaban J connectivity index is 3.79. The molecule has 1 radical (unpaired) electrons. The van der Waals surface area contributed by atoms with Crippen LogP contribution in [-0.2, 0) is 0 Å². The molecule has 0 unspecified atom stereocenters. The molecule has 0 N–H and O–H groups in total. The van der Waals surface area contributed by atoms with Gasteiger partial charge in [0, 0.05) is 0 Å². The van der Waals surface area contributed by atoms with Gasteiger partial charge in [0.15, 0.2) is 0 Å². The van der Waals surface area contributed by atoms with E-state index >= 15 is 0 Å². The Morgan fingerprint density at radius 3 is 1.57 bits per heavy atom.